The van der Waals surface area contributed by atoms with Crippen LogP contribution in [-0.4, -0.2) is 53.8 Å². The van der Waals surface area contributed by atoms with E-state index in [0.717, 1.165) is 5.56 Å². The fourth-order valence-electron chi connectivity index (χ4n) is 3.51. The Morgan fingerprint density at radius 2 is 2.08 bits per heavy atom. The lowest BCUT2D eigenvalue weighted by atomic mass is 9.80. The minimum atomic E-state index is -1.08. The van der Waals surface area contributed by atoms with Crippen LogP contribution in [-0.2, 0) is 9.53 Å². The maximum absolute atomic E-state index is 13.2. The fourth-order valence-corrected chi connectivity index (χ4v) is 3.51. The Morgan fingerprint density at radius 1 is 1.35 bits per heavy atom. The minimum Gasteiger partial charge on any atom is -0.481 e. The van der Waals surface area contributed by atoms with Crippen LogP contribution in [0.15, 0.2) is 34.9 Å². The van der Waals surface area contributed by atoms with Gasteiger partial charge in [-0.25, -0.2) is 0 Å². The van der Waals surface area contributed by atoms with Crippen molar-refractivity contribution in [2.75, 3.05) is 26.8 Å². The third-order valence-electron chi connectivity index (χ3n) is 4.86. The number of aryl methyl sites for hydroxylation is 1. The van der Waals surface area contributed by atoms with Gasteiger partial charge in [-0.05, 0) is 19.8 Å². The molecule has 1 fully saturated rings. The van der Waals surface area contributed by atoms with Gasteiger partial charge in [0.05, 0.1) is 6.61 Å². The summed E-state index contributed by atoms with van der Waals surface area (Å²) in [7, 11) is 1.48. The van der Waals surface area contributed by atoms with Gasteiger partial charge in [0.25, 0.3) is 5.91 Å². The van der Waals surface area contributed by atoms with Gasteiger partial charge in [-0.3, -0.25) is 9.59 Å². The molecule has 0 bridgehead atoms. The quantitative estimate of drug-likeness (QED) is 0.883. The van der Waals surface area contributed by atoms with Crippen molar-refractivity contribution < 1.29 is 24.0 Å². The molecule has 1 aromatic carbocycles. The third kappa shape index (κ3) is 3.22. The highest BCUT2D eigenvalue weighted by atomic mass is 16.5. The van der Waals surface area contributed by atoms with Gasteiger partial charge in [0.1, 0.15) is 22.4 Å². The van der Waals surface area contributed by atoms with Gasteiger partial charge in [-0.1, -0.05) is 35.5 Å². The molecule has 1 amide bonds. The molecule has 0 aliphatic carbocycles. The molecule has 1 N–H and O–H groups in total. The number of likely N-dealkylation sites (tertiary alicyclic amines) is 1. The number of carbonyl (C=O) groups is 2. The molecule has 1 aliphatic heterocycles. The Hall–Kier alpha value is -2.67. The number of nitrogens with zero attached hydrogens (tertiary/aromatic N) is 2. The number of hydrogen-bond acceptors (Lipinski definition) is 5. The number of aliphatic carboxylic acids is 1. The molecule has 2 aromatic rings. The molecule has 1 saturated heterocycles. The second-order valence-corrected chi connectivity index (χ2v) is 6.68. The molecule has 138 valence electrons. The zero-order valence-corrected chi connectivity index (χ0v) is 14.9. The number of carboxylic acid groups (broad SMARTS) is 1. The summed E-state index contributed by atoms with van der Waals surface area (Å²) in [4.78, 5) is 26.6. The van der Waals surface area contributed by atoms with Crippen LogP contribution in [0, 0.1) is 12.3 Å². The first-order chi connectivity index (χ1) is 12.5. The number of piperidine rings is 1. The summed E-state index contributed by atoms with van der Waals surface area (Å²) < 4.78 is 10.4. The van der Waals surface area contributed by atoms with Crippen LogP contribution in [0.1, 0.15) is 29.0 Å². The van der Waals surface area contributed by atoms with E-state index in [1.54, 1.807) is 11.8 Å². The molecule has 3 rings (SSSR count). The lowest BCUT2D eigenvalue weighted by Crippen LogP contribution is -2.52. The van der Waals surface area contributed by atoms with Crippen molar-refractivity contribution in [3.05, 3.63) is 41.7 Å². The molecule has 1 aliphatic rings. The van der Waals surface area contributed by atoms with Crippen LogP contribution < -0.4 is 0 Å². The van der Waals surface area contributed by atoms with E-state index in [1.807, 2.05) is 30.3 Å². The monoisotopic (exact) mass is 358 g/mol. The number of amides is 1. The number of benzene rings is 1. The summed E-state index contributed by atoms with van der Waals surface area (Å²) >= 11 is 0. The molecule has 1 unspecified atom stereocenters. The number of carbonyl (C=O) groups excluding carboxylic acids is 1. The van der Waals surface area contributed by atoms with E-state index < -0.39 is 11.4 Å². The highest BCUT2D eigenvalue weighted by Gasteiger charge is 2.44. The van der Waals surface area contributed by atoms with Crippen molar-refractivity contribution in [1.82, 2.24) is 10.1 Å². The average molecular weight is 358 g/mol. The summed E-state index contributed by atoms with van der Waals surface area (Å²) in [5.74, 6) is -0.779. The molecule has 0 radical (unpaired) electrons. The van der Waals surface area contributed by atoms with Crippen molar-refractivity contribution in [1.29, 1.82) is 0 Å². The van der Waals surface area contributed by atoms with Crippen LogP contribution in [0.4, 0.5) is 0 Å². The van der Waals surface area contributed by atoms with Crippen LogP contribution >= 0.6 is 0 Å². The molecule has 7 nitrogen and oxygen atoms in total. The van der Waals surface area contributed by atoms with Crippen molar-refractivity contribution in [2.45, 2.75) is 19.8 Å². The second kappa shape index (κ2) is 7.29. The average Bonchev–Trinajstić information content (AvgIpc) is 3.03. The van der Waals surface area contributed by atoms with E-state index in [0.29, 0.717) is 36.4 Å². The van der Waals surface area contributed by atoms with Crippen LogP contribution in [0.2, 0.25) is 0 Å². The van der Waals surface area contributed by atoms with Gasteiger partial charge in [-0.2, -0.15) is 0 Å². The first-order valence-electron chi connectivity index (χ1n) is 8.52. The molecule has 26 heavy (non-hydrogen) atoms. The van der Waals surface area contributed by atoms with E-state index in [4.69, 9.17) is 9.26 Å². The van der Waals surface area contributed by atoms with Crippen molar-refractivity contribution in [2.24, 2.45) is 5.41 Å². The lowest BCUT2D eigenvalue weighted by molar-refractivity contribution is -0.155. The lowest BCUT2D eigenvalue weighted by Gasteiger charge is -2.39. The Labute approximate surface area is 151 Å². The number of hydrogen-bond donors (Lipinski definition) is 1. The van der Waals surface area contributed by atoms with Gasteiger partial charge in [0, 0.05) is 25.8 Å². The number of methoxy groups -OCH3 is 1. The predicted molar refractivity (Wildman–Crippen MR) is 93.8 cm³/mol. The molecular weight excluding hydrogens is 336 g/mol. The number of rotatable bonds is 5. The zero-order chi connectivity index (χ0) is 18.7. The van der Waals surface area contributed by atoms with Crippen LogP contribution in [0.25, 0.3) is 11.3 Å². The summed E-state index contributed by atoms with van der Waals surface area (Å²) in [5, 5.41) is 13.7. The fraction of sp³-hybridized carbons (Fsp3) is 0.421. The van der Waals surface area contributed by atoms with Crippen molar-refractivity contribution >= 4 is 11.9 Å². The van der Waals surface area contributed by atoms with Crippen LogP contribution in [0.5, 0.6) is 0 Å². The molecule has 1 aromatic heterocycles. The minimum absolute atomic E-state index is 0.0697. The van der Waals surface area contributed by atoms with Gasteiger partial charge >= 0.3 is 5.97 Å². The van der Waals surface area contributed by atoms with Gasteiger partial charge in [0.2, 0.25) is 0 Å². The van der Waals surface area contributed by atoms with Gasteiger partial charge in [-0.15, -0.1) is 0 Å². The summed E-state index contributed by atoms with van der Waals surface area (Å²) in [6.07, 6.45) is 1.08. The topological polar surface area (TPSA) is 92.9 Å². The smallest absolute Gasteiger partial charge is 0.313 e. The second-order valence-electron chi connectivity index (χ2n) is 6.68. The highest BCUT2D eigenvalue weighted by molar-refractivity contribution is 6.01. The normalized spacial score (nSPS) is 20.2. The van der Waals surface area contributed by atoms with Crippen LogP contribution in [0.3, 0.4) is 0 Å². The Morgan fingerprint density at radius 3 is 2.73 bits per heavy atom. The van der Waals surface area contributed by atoms with Gasteiger partial charge < -0.3 is 19.3 Å². The maximum atomic E-state index is 13.2. The number of carboxylic acids is 1. The molecule has 2 heterocycles. The standard InChI is InChI=1S/C19H22N2O5/c1-13-15(16(20-26-13)14-7-4-3-5-8-14)17(22)21-10-6-9-19(11-21,12-25-2)18(23)24/h3-5,7-8H,6,9-12H2,1-2H3,(H,23,24). The summed E-state index contributed by atoms with van der Waals surface area (Å²) in [6, 6.07) is 9.33. The number of aromatic nitrogens is 1. The Kier molecular flexibility index (Phi) is 5.08. The predicted octanol–water partition coefficient (Wildman–Crippen LogP) is 2.60. The Balaban J connectivity index is 1.93. The molecule has 1 atom stereocenters. The first-order valence-corrected chi connectivity index (χ1v) is 8.52. The third-order valence-corrected chi connectivity index (χ3v) is 4.86. The highest BCUT2D eigenvalue weighted by Crippen LogP contribution is 2.33. The van der Waals surface area contributed by atoms with E-state index in [9.17, 15) is 14.7 Å². The SMILES string of the molecule is COCC1(C(=O)O)CCCN(C(=O)c2c(-c3ccccc3)noc2C)C1. The zero-order valence-electron chi connectivity index (χ0n) is 14.9. The molecular formula is C19H22N2O5. The van der Waals surface area contributed by atoms with Crippen molar-refractivity contribution in [3.8, 4) is 11.3 Å². The maximum Gasteiger partial charge on any atom is 0.313 e. The van der Waals surface area contributed by atoms with E-state index in [-0.39, 0.29) is 19.1 Å². The summed E-state index contributed by atoms with van der Waals surface area (Å²) in [5.41, 5.74) is 0.563. The van der Waals surface area contributed by atoms with Gasteiger partial charge in [0.15, 0.2) is 0 Å². The molecule has 0 saturated carbocycles. The molecule has 7 heteroatoms. The van der Waals surface area contributed by atoms with Crippen molar-refractivity contribution in [3.63, 3.8) is 0 Å². The van der Waals surface area contributed by atoms with E-state index in [2.05, 4.69) is 5.16 Å². The van der Waals surface area contributed by atoms with E-state index >= 15 is 0 Å². The number of ether oxygens (including phenoxy) is 1. The summed E-state index contributed by atoms with van der Waals surface area (Å²) in [6.45, 7) is 2.36. The largest absolute Gasteiger partial charge is 0.481 e. The Bertz CT molecular complexity index is 798. The molecule has 0 spiro atoms. The van der Waals surface area contributed by atoms with E-state index in [1.165, 1.54) is 7.11 Å². The first kappa shape index (κ1) is 18.1.